The minimum Gasteiger partial charge on any atom is -0.497 e. The third-order valence-electron chi connectivity index (χ3n) is 4.09. The maximum atomic E-state index is 12.1. The highest BCUT2D eigenvalue weighted by Crippen LogP contribution is 2.29. The van der Waals surface area contributed by atoms with Crippen LogP contribution in [0, 0.1) is 0 Å². The zero-order valence-corrected chi connectivity index (χ0v) is 17.1. The molecule has 0 aliphatic heterocycles. The molecular formula is C20H17N3O4S2. The highest BCUT2D eigenvalue weighted by Gasteiger charge is 2.12. The quantitative estimate of drug-likeness (QED) is 0.448. The molecule has 0 spiro atoms. The molecule has 0 unspecified atom stereocenters. The first-order valence-corrected chi connectivity index (χ1v) is 10.5. The van der Waals surface area contributed by atoms with E-state index in [2.05, 4.69) is 15.3 Å². The van der Waals surface area contributed by atoms with Crippen molar-refractivity contribution < 1.29 is 19.1 Å². The zero-order valence-electron chi connectivity index (χ0n) is 15.5. The van der Waals surface area contributed by atoms with Gasteiger partial charge in [-0.05, 0) is 30.3 Å². The lowest BCUT2D eigenvalue weighted by molar-refractivity contribution is -0.147. The van der Waals surface area contributed by atoms with Gasteiger partial charge in [-0.15, -0.1) is 11.3 Å². The number of benzene rings is 2. The number of hydrogen-bond acceptors (Lipinski definition) is 8. The van der Waals surface area contributed by atoms with Crippen LogP contribution in [0.3, 0.4) is 0 Å². The molecule has 0 saturated carbocycles. The predicted octanol–water partition coefficient (Wildman–Crippen LogP) is 4.03. The van der Waals surface area contributed by atoms with Crippen LogP contribution >= 0.6 is 22.7 Å². The normalized spacial score (nSPS) is 10.9. The van der Waals surface area contributed by atoms with E-state index in [1.807, 2.05) is 36.4 Å². The second-order valence-corrected chi connectivity index (χ2v) is 8.28. The summed E-state index contributed by atoms with van der Waals surface area (Å²) >= 11 is 2.88. The molecule has 9 heteroatoms. The van der Waals surface area contributed by atoms with Gasteiger partial charge in [0.05, 0.1) is 39.0 Å². The Labute approximate surface area is 174 Å². The summed E-state index contributed by atoms with van der Waals surface area (Å²) in [5.41, 5.74) is 1.69. The number of aryl methyl sites for hydroxylation is 1. The zero-order chi connectivity index (χ0) is 20.2. The number of anilines is 1. The predicted molar refractivity (Wildman–Crippen MR) is 114 cm³/mol. The summed E-state index contributed by atoms with van der Waals surface area (Å²) in [5.74, 6) is -0.140. The van der Waals surface area contributed by atoms with Crippen molar-refractivity contribution in [1.82, 2.24) is 9.97 Å². The smallest absolute Gasteiger partial charge is 0.306 e. The van der Waals surface area contributed by atoms with Gasteiger partial charge >= 0.3 is 5.97 Å². The molecule has 29 heavy (non-hydrogen) atoms. The van der Waals surface area contributed by atoms with Gasteiger partial charge < -0.3 is 9.47 Å². The third-order valence-corrected chi connectivity index (χ3v) is 6.12. The number of para-hydroxylation sites is 1. The molecule has 2 aromatic carbocycles. The molecule has 0 bridgehead atoms. The Bertz CT molecular complexity index is 1150. The average Bonchev–Trinajstić information content (AvgIpc) is 3.32. The average molecular weight is 428 g/mol. The minimum atomic E-state index is -0.437. The van der Waals surface area contributed by atoms with Crippen molar-refractivity contribution in [1.29, 1.82) is 0 Å². The van der Waals surface area contributed by atoms with E-state index in [9.17, 15) is 9.59 Å². The van der Waals surface area contributed by atoms with Crippen LogP contribution < -0.4 is 10.1 Å². The van der Waals surface area contributed by atoms with E-state index in [0.29, 0.717) is 11.6 Å². The number of hydrogen-bond donors (Lipinski definition) is 1. The first-order valence-electron chi connectivity index (χ1n) is 8.85. The van der Waals surface area contributed by atoms with E-state index in [0.717, 1.165) is 31.2 Å². The Morgan fingerprint density at radius 1 is 1.03 bits per heavy atom. The number of esters is 1. The van der Waals surface area contributed by atoms with E-state index in [4.69, 9.17) is 9.47 Å². The Hall–Kier alpha value is -3.04. The number of fused-ring (bicyclic) bond motifs is 2. The molecule has 0 aliphatic rings. The van der Waals surface area contributed by atoms with Gasteiger partial charge in [0.1, 0.15) is 5.75 Å². The molecule has 0 aliphatic carbocycles. The summed E-state index contributed by atoms with van der Waals surface area (Å²) in [6.45, 7) is -0.349. The SMILES string of the molecule is COc1ccc2nc(NC(=O)COC(=O)CCc3nc4ccccc4s3)sc2c1. The molecule has 7 nitrogen and oxygen atoms in total. The van der Waals surface area contributed by atoms with Gasteiger partial charge in [0, 0.05) is 6.42 Å². The van der Waals surface area contributed by atoms with Crippen LogP contribution in [0.1, 0.15) is 11.4 Å². The number of nitrogens with zero attached hydrogens (tertiary/aromatic N) is 2. The number of amides is 1. The summed E-state index contributed by atoms with van der Waals surface area (Å²) in [7, 11) is 1.59. The van der Waals surface area contributed by atoms with Crippen LogP contribution in [0.2, 0.25) is 0 Å². The van der Waals surface area contributed by atoms with Crippen molar-refractivity contribution in [3.63, 3.8) is 0 Å². The van der Waals surface area contributed by atoms with Crippen LogP contribution in [0.4, 0.5) is 5.13 Å². The first-order chi connectivity index (χ1) is 14.1. The summed E-state index contributed by atoms with van der Waals surface area (Å²) in [4.78, 5) is 32.8. The molecular weight excluding hydrogens is 410 g/mol. The fraction of sp³-hybridized carbons (Fsp3) is 0.200. The minimum absolute atomic E-state index is 0.175. The van der Waals surface area contributed by atoms with Crippen molar-refractivity contribution in [3.05, 3.63) is 47.5 Å². The summed E-state index contributed by atoms with van der Waals surface area (Å²) in [6, 6.07) is 13.3. The standard InChI is InChI=1S/C20H17N3O4S2/c1-26-12-6-7-14-16(10-12)29-20(22-14)23-17(24)11-27-19(25)9-8-18-21-13-4-2-3-5-15(13)28-18/h2-7,10H,8-9,11H2,1H3,(H,22,23,24). The van der Waals surface area contributed by atoms with Crippen molar-refractivity contribution in [2.75, 3.05) is 19.0 Å². The van der Waals surface area contributed by atoms with Crippen LogP contribution in [-0.4, -0.2) is 35.6 Å². The summed E-state index contributed by atoms with van der Waals surface area (Å²) in [5, 5.41) is 3.98. The second-order valence-electron chi connectivity index (χ2n) is 6.14. The Balaban J connectivity index is 1.26. The van der Waals surface area contributed by atoms with Gasteiger partial charge in [-0.25, -0.2) is 9.97 Å². The number of ether oxygens (including phenoxy) is 2. The van der Waals surface area contributed by atoms with Crippen LogP contribution in [0.5, 0.6) is 5.75 Å². The Morgan fingerprint density at radius 3 is 2.69 bits per heavy atom. The van der Waals surface area contributed by atoms with E-state index < -0.39 is 11.9 Å². The highest BCUT2D eigenvalue weighted by molar-refractivity contribution is 7.22. The maximum absolute atomic E-state index is 12.1. The van der Waals surface area contributed by atoms with Crippen molar-refractivity contribution in [3.8, 4) is 5.75 Å². The fourth-order valence-corrected chi connectivity index (χ4v) is 4.57. The van der Waals surface area contributed by atoms with E-state index in [1.54, 1.807) is 24.5 Å². The molecule has 0 saturated heterocycles. The monoisotopic (exact) mass is 427 g/mol. The molecule has 148 valence electrons. The number of rotatable bonds is 7. The van der Waals surface area contributed by atoms with Gasteiger partial charge in [0.15, 0.2) is 11.7 Å². The van der Waals surface area contributed by atoms with E-state index >= 15 is 0 Å². The third kappa shape index (κ3) is 4.69. The number of methoxy groups -OCH3 is 1. The van der Waals surface area contributed by atoms with Crippen LogP contribution in [0.15, 0.2) is 42.5 Å². The van der Waals surface area contributed by atoms with E-state index in [1.165, 1.54) is 11.3 Å². The number of nitrogens with one attached hydrogen (secondary N) is 1. The van der Waals surface area contributed by atoms with Crippen LogP contribution in [-0.2, 0) is 20.7 Å². The molecule has 0 atom stereocenters. The largest absolute Gasteiger partial charge is 0.497 e. The van der Waals surface area contributed by atoms with Gasteiger partial charge in [-0.3, -0.25) is 14.9 Å². The number of carbonyl (C=O) groups is 2. The lowest BCUT2D eigenvalue weighted by Crippen LogP contribution is -2.20. The summed E-state index contributed by atoms with van der Waals surface area (Å²) < 4.78 is 12.2. The molecule has 1 N–H and O–H groups in total. The fourth-order valence-electron chi connectivity index (χ4n) is 2.69. The molecule has 0 radical (unpaired) electrons. The van der Waals surface area contributed by atoms with Crippen molar-refractivity contribution in [2.24, 2.45) is 0 Å². The molecule has 2 heterocycles. The highest BCUT2D eigenvalue weighted by atomic mass is 32.1. The molecule has 0 fully saturated rings. The van der Waals surface area contributed by atoms with Gasteiger partial charge in [0.25, 0.3) is 5.91 Å². The van der Waals surface area contributed by atoms with E-state index in [-0.39, 0.29) is 13.0 Å². The maximum Gasteiger partial charge on any atom is 0.306 e. The van der Waals surface area contributed by atoms with Gasteiger partial charge in [-0.1, -0.05) is 23.5 Å². The molecule has 2 aromatic heterocycles. The van der Waals surface area contributed by atoms with Crippen LogP contribution in [0.25, 0.3) is 20.4 Å². The first kappa shape index (κ1) is 19.3. The second kappa shape index (κ2) is 8.54. The number of aromatic nitrogens is 2. The number of carbonyl (C=O) groups excluding carboxylic acids is 2. The van der Waals surface area contributed by atoms with Crippen molar-refractivity contribution in [2.45, 2.75) is 12.8 Å². The van der Waals surface area contributed by atoms with Gasteiger partial charge in [-0.2, -0.15) is 0 Å². The molecule has 4 rings (SSSR count). The lowest BCUT2D eigenvalue weighted by Gasteiger charge is -2.03. The molecule has 1 amide bonds. The topological polar surface area (TPSA) is 90.4 Å². The molecule has 4 aromatic rings. The van der Waals surface area contributed by atoms with Gasteiger partial charge in [0.2, 0.25) is 0 Å². The lowest BCUT2D eigenvalue weighted by atomic mass is 10.3. The summed E-state index contributed by atoms with van der Waals surface area (Å²) in [6.07, 6.45) is 0.660. The van der Waals surface area contributed by atoms with Crippen molar-refractivity contribution >= 4 is 60.1 Å². The Kier molecular flexibility index (Phi) is 5.68. The Morgan fingerprint density at radius 2 is 1.86 bits per heavy atom. The number of thiazole rings is 2.